The van der Waals surface area contributed by atoms with Crippen LogP contribution in [0.1, 0.15) is 5.56 Å². The molecule has 0 aliphatic heterocycles. The van der Waals surface area contributed by atoms with Crippen molar-refractivity contribution in [2.75, 3.05) is 0 Å². The predicted molar refractivity (Wildman–Crippen MR) is 47.2 cm³/mol. The van der Waals surface area contributed by atoms with Gasteiger partial charge in [0.25, 0.3) is 0 Å². The molecule has 0 saturated carbocycles. The summed E-state index contributed by atoms with van der Waals surface area (Å²) < 4.78 is 12.4. The monoisotopic (exact) mass is 164 g/mol. The minimum atomic E-state index is -0.287. The molecule has 0 aliphatic carbocycles. The third-order valence-electron chi connectivity index (χ3n) is 1.39. The lowest BCUT2D eigenvalue weighted by atomic mass is 10.2. The second-order valence-corrected chi connectivity index (χ2v) is 2.32. The molecule has 1 aromatic rings. The van der Waals surface area contributed by atoms with Crippen molar-refractivity contribution in [3.8, 4) is 0 Å². The molecule has 0 fully saturated rings. The van der Waals surface area contributed by atoms with E-state index < -0.39 is 0 Å². The van der Waals surface area contributed by atoms with Gasteiger partial charge < -0.3 is 5.11 Å². The topological polar surface area (TPSA) is 20.2 Å². The molecule has 0 amide bonds. The van der Waals surface area contributed by atoms with E-state index in [0.717, 1.165) is 5.56 Å². The summed E-state index contributed by atoms with van der Waals surface area (Å²) in [5, 5.41) is 9.03. The largest absolute Gasteiger partial charge is 0.508 e. The number of benzene rings is 1. The summed E-state index contributed by atoms with van der Waals surface area (Å²) >= 11 is 0. The first-order valence-corrected chi connectivity index (χ1v) is 3.51. The fraction of sp³-hybridized carbons (Fsp3) is 0. The third-order valence-corrected chi connectivity index (χ3v) is 1.39. The lowest BCUT2D eigenvalue weighted by Gasteiger charge is -1.93. The molecular weight excluding hydrogens is 155 g/mol. The van der Waals surface area contributed by atoms with Gasteiger partial charge in [-0.15, -0.1) is 0 Å². The maximum atomic E-state index is 12.4. The van der Waals surface area contributed by atoms with E-state index in [1.54, 1.807) is 12.1 Å². The fourth-order valence-corrected chi connectivity index (χ4v) is 0.789. The second kappa shape index (κ2) is 3.72. The highest BCUT2D eigenvalue weighted by molar-refractivity contribution is 5.52. The minimum absolute atomic E-state index is 0.0709. The van der Waals surface area contributed by atoms with Crippen LogP contribution in [0.2, 0.25) is 0 Å². The van der Waals surface area contributed by atoms with Crippen molar-refractivity contribution in [3.05, 3.63) is 54.1 Å². The molecule has 0 aromatic heterocycles. The van der Waals surface area contributed by atoms with Crippen LogP contribution in [0.3, 0.4) is 0 Å². The smallest absolute Gasteiger partial charge is 0.123 e. The molecule has 12 heavy (non-hydrogen) atoms. The average molecular weight is 164 g/mol. The maximum Gasteiger partial charge on any atom is 0.123 e. The van der Waals surface area contributed by atoms with Crippen LogP contribution in [-0.2, 0) is 0 Å². The van der Waals surface area contributed by atoms with Crippen LogP contribution in [0.4, 0.5) is 4.39 Å². The molecule has 2 heteroatoms. The van der Waals surface area contributed by atoms with Gasteiger partial charge in [0, 0.05) is 0 Å². The molecule has 62 valence electrons. The highest BCUT2D eigenvalue weighted by Crippen LogP contribution is 2.06. The zero-order valence-corrected chi connectivity index (χ0v) is 6.50. The molecule has 0 aliphatic rings. The summed E-state index contributed by atoms with van der Waals surface area (Å²) in [5.41, 5.74) is 0.744. The van der Waals surface area contributed by atoms with Crippen molar-refractivity contribution in [1.82, 2.24) is 0 Å². The molecule has 1 rings (SSSR count). The molecular formula is C10H9FO. The maximum absolute atomic E-state index is 12.4. The van der Waals surface area contributed by atoms with Gasteiger partial charge in [0.2, 0.25) is 0 Å². The molecule has 0 atom stereocenters. The molecule has 0 spiro atoms. The Morgan fingerprint density at radius 3 is 2.42 bits per heavy atom. The summed E-state index contributed by atoms with van der Waals surface area (Å²) in [6, 6.07) is 5.83. The van der Waals surface area contributed by atoms with E-state index in [1.165, 1.54) is 24.3 Å². The van der Waals surface area contributed by atoms with Crippen molar-refractivity contribution in [1.29, 1.82) is 0 Å². The van der Waals surface area contributed by atoms with Crippen LogP contribution in [-0.4, -0.2) is 5.11 Å². The predicted octanol–water partition coefficient (Wildman–Crippen LogP) is 2.91. The number of hydrogen-bond donors (Lipinski definition) is 1. The summed E-state index contributed by atoms with van der Waals surface area (Å²) in [4.78, 5) is 0. The Bertz CT molecular complexity index is 298. The van der Waals surface area contributed by atoms with Gasteiger partial charge >= 0.3 is 0 Å². The van der Waals surface area contributed by atoms with Crippen molar-refractivity contribution >= 4 is 6.08 Å². The first-order valence-electron chi connectivity index (χ1n) is 3.51. The lowest BCUT2D eigenvalue weighted by Crippen LogP contribution is -1.77. The highest BCUT2D eigenvalue weighted by atomic mass is 19.1. The Labute approximate surface area is 70.5 Å². The van der Waals surface area contributed by atoms with Crippen LogP contribution >= 0.6 is 0 Å². The van der Waals surface area contributed by atoms with E-state index >= 15 is 0 Å². The van der Waals surface area contributed by atoms with Crippen LogP contribution in [0, 0.1) is 5.82 Å². The minimum Gasteiger partial charge on any atom is -0.508 e. The summed E-state index contributed by atoms with van der Waals surface area (Å²) in [6.07, 6.45) is 2.83. The quantitative estimate of drug-likeness (QED) is 0.526. The SMILES string of the molecule is C=C/C(O)=C/c1ccc(F)cc1. The van der Waals surface area contributed by atoms with Gasteiger partial charge in [-0.25, -0.2) is 4.39 Å². The van der Waals surface area contributed by atoms with E-state index in [1.807, 2.05) is 0 Å². The second-order valence-electron chi connectivity index (χ2n) is 2.32. The lowest BCUT2D eigenvalue weighted by molar-refractivity contribution is 0.438. The molecule has 0 bridgehead atoms. The van der Waals surface area contributed by atoms with Gasteiger partial charge in [0.1, 0.15) is 11.6 Å². The normalized spacial score (nSPS) is 11.2. The number of hydrogen-bond acceptors (Lipinski definition) is 1. The Morgan fingerprint density at radius 1 is 1.33 bits per heavy atom. The van der Waals surface area contributed by atoms with Gasteiger partial charge in [0.05, 0.1) is 0 Å². The number of rotatable bonds is 2. The Morgan fingerprint density at radius 2 is 1.92 bits per heavy atom. The number of aliphatic hydroxyl groups is 1. The van der Waals surface area contributed by atoms with Gasteiger partial charge in [-0.3, -0.25) is 0 Å². The van der Waals surface area contributed by atoms with Crippen molar-refractivity contribution in [2.45, 2.75) is 0 Å². The van der Waals surface area contributed by atoms with Gasteiger partial charge in [-0.1, -0.05) is 18.7 Å². The Hall–Kier alpha value is -1.57. The zero-order chi connectivity index (χ0) is 8.97. The third kappa shape index (κ3) is 2.23. The van der Waals surface area contributed by atoms with Crippen LogP contribution in [0.15, 0.2) is 42.7 Å². The average Bonchev–Trinajstić information content (AvgIpc) is 2.09. The molecule has 1 nitrogen and oxygen atoms in total. The van der Waals surface area contributed by atoms with E-state index in [0.29, 0.717) is 0 Å². The van der Waals surface area contributed by atoms with E-state index in [4.69, 9.17) is 5.11 Å². The molecule has 0 radical (unpaired) electrons. The molecule has 0 unspecified atom stereocenters. The van der Waals surface area contributed by atoms with Crippen molar-refractivity contribution in [3.63, 3.8) is 0 Å². The van der Waals surface area contributed by atoms with Gasteiger partial charge in [-0.2, -0.15) is 0 Å². The highest BCUT2D eigenvalue weighted by Gasteiger charge is 1.90. The Balaban J connectivity index is 2.91. The van der Waals surface area contributed by atoms with Crippen LogP contribution < -0.4 is 0 Å². The first kappa shape index (κ1) is 8.53. The summed E-state index contributed by atoms with van der Waals surface area (Å²) in [7, 11) is 0. The van der Waals surface area contributed by atoms with Crippen molar-refractivity contribution in [2.24, 2.45) is 0 Å². The van der Waals surface area contributed by atoms with E-state index in [9.17, 15) is 4.39 Å². The number of halogens is 1. The van der Waals surface area contributed by atoms with E-state index in [2.05, 4.69) is 6.58 Å². The summed E-state index contributed by atoms with van der Waals surface area (Å²) in [6.45, 7) is 3.38. The zero-order valence-electron chi connectivity index (χ0n) is 6.50. The first-order chi connectivity index (χ1) is 5.72. The van der Waals surface area contributed by atoms with Crippen molar-refractivity contribution < 1.29 is 9.50 Å². The van der Waals surface area contributed by atoms with E-state index in [-0.39, 0.29) is 11.6 Å². The molecule has 0 saturated heterocycles. The summed E-state index contributed by atoms with van der Waals surface area (Å²) in [5.74, 6) is -0.216. The standard InChI is InChI=1S/C10H9FO/c1-2-10(12)7-8-3-5-9(11)6-4-8/h2-7,12H,1H2/b10-7-. The van der Waals surface area contributed by atoms with Crippen LogP contribution in [0.5, 0.6) is 0 Å². The number of aliphatic hydroxyl groups excluding tert-OH is 1. The number of allylic oxidation sites excluding steroid dienone is 1. The van der Waals surface area contributed by atoms with Gasteiger partial charge in [0.15, 0.2) is 0 Å². The molecule has 0 heterocycles. The van der Waals surface area contributed by atoms with Crippen LogP contribution in [0.25, 0.3) is 6.08 Å². The fourth-order valence-electron chi connectivity index (χ4n) is 0.789. The molecule has 1 N–H and O–H groups in total. The Kier molecular flexibility index (Phi) is 2.64. The molecule has 1 aromatic carbocycles. The van der Waals surface area contributed by atoms with Gasteiger partial charge in [-0.05, 0) is 29.8 Å².